The highest BCUT2D eigenvalue weighted by atomic mass is 35.5. The maximum absolute atomic E-state index is 13.9. The van der Waals surface area contributed by atoms with Gasteiger partial charge < -0.3 is 10.2 Å². The number of rotatable bonds is 5. The zero-order valence-electron chi connectivity index (χ0n) is 16.0. The Morgan fingerprint density at radius 3 is 2.48 bits per heavy atom. The van der Waals surface area contributed by atoms with E-state index >= 15 is 0 Å². The van der Waals surface area contributed by atoms with Gasteiger partial charge in [0.1, 0.15) is 5.82 Å². The standard InChI is InChI=1S/C21H21ClFN3O3/c1-14(27)15-3-2-4-17(11-15)24-20(28)13-25-7-9-26(10-8-25)21(29)18-12-16(22)5-6-19(18)23/h2-6,11-12H,7-10,13H2,1H3,(H,24,28). The lowest BCUT2D eigenvalue weighted by Gasteiger charge is -2.34. The molecule has 2 amide bonds. The van der Waals surface area contributed by atoms with Crippen LogP contribution in [0.25, 0.3) is 0 Å². The van der Waals surface area contributed by atoms with E-state index in [-0.39, 0.29) is 23.8 Å². The molecule has 1 saturated heterocycles. The molecule has 1 aliphatic rings. The van der Waals surface area contributed by atoms with Crippen LogP contribution in [0.15, 0.2) is 42.5 Å². The molecule has 1 aliphatic heterocycles. The van der Waals surface area contributed by atoms with E-state index in [4.69, 9.17) is 11.6 Å². The molecular weight excluding hydrogens is 397 g/mol. The molecule has 0 spiro atoms. The summed E-state index contributed by atoms with van der Waals surface area (Å²) in [5, 5.41) is 3.08. The number of nitrogens with zero attached hydrogens (tertiary/aromatic N) is 2. The number of hydrogen-bond donors (Lipinski definition) is 1. The van der Waals surface area contributed by atoms with Gasteiger partial charge in [-0.2, -0.15) is 0 Å². The Balaban J connectivity index is 1.52. The number of hydrogen-bond acceptors (Lipinski definition) is 4. The first-order valence-corrected chi connectivity index (χ1v) is 9.59. The number of amides is 2. The summed E-state index contributed by atoms with van der Waals surface area (Å²) in [5.74, 6) is -1.28. The lowest BCUT2D eigenvalue weighted by atomic mass is 10.1. The van der Waals surface area contributed by atoms with Gasteiger partial charge in [0.15, 0.2) is 5.78 Å². The van der Waals surface area contributed by atoms with Crippen LogP contribution in [0.1, 0.15) is 27.6 Å². The predicted molar refractivity (Wildman–Crippen MR) is 109 cm³/mol. The molecule has 0 saturated carbocycles. The fourth-order valence-corrected chi connectivity index (χ4v) is 3.33. The third kappa shape index (κ3) is 5.40. The first-order valence-electron chi connectivity index (χ1n) is 9.21. The van der Waals surface area contributed by atoms with E-state index in [9.17, 15) is 18.8 Å². The van der Waals surface area contributed by atoms with Gasteiger partial charge >= 0.3 is 0 Å². The molecular formula is C21H21ClFN3O3. The van der Waals surface area contributed by atoms with Gasteiger partial charge in [0.05, 0.1) is 12.1 Å². The molecule has 29 heavy (non-hydrogen) atoms. The van der Waals surface area contributed by atoms with Gasteiger partial charge in [-0.15, -0.1) is 0 Å². The number of halogens is 2. The molecule has 0 atom stereocenters. The Kier molecular flexibility index (Phi) is 6.61. The Labute approximate surface area is 173 Å². The average Bonchev–Trinajstić information content (AvgIpc) is 2.70. The SMILES string of the molecule is CC(=O)c1cccc(NC(=O)CN2CCN(C(=O)c3cc(Cl)ccc3F)CC2)c1. The normalized spacial score (nSPS) is 14.5. The van der Waals surface area contributed by atoms with Crippen LogP contribution in [0.2, 0.25) is 5.02 Å². The van der Waals surface area contributed by atoms with E-state index < -0.39 is 11.7 Å². The Morgan fingerprint density at radius 2 is 1.79 bits per heavy atom. The third-order valence-electron chi connectivity index (χ3n) is 4.74. The molecule has 1 N–H and O–H groups in total. The van der Waals surface area contributed by atoms with E-state index in [1.807, 2.05) is 4.90 Å². The molecule has 0 radical (unpaired) electrons. The zero-order valence-corrected chi connectivity index (χ0v) is 16.7. The van der Waals surface area contributed by atoms with Gasteiger partial charge in [0, 0.05) is 42.5 Å². The van der Waals surface area contributed by atoms with Crippen LogP contribution in [-0.4, -0.2) is 60.1 Å². The second kappa shape index (κ2) is 9.15. The van der Waals surface area contributed by atoms with Crippen molar-refractivity contribution in [1.29, 1.82) is 0 Å². The number of anilines is 1. The molecule has 8 heteroatoms. The van der Waals surface area contributed by atoms with Gasteiger partial charge in [-0.1, -0.05) is 23.7 Å². The van der Waals surface area contributed by atoms with E-state index in [0.717, 1.165) is 0 Å². The van der Waals surface area contributed by atoms with Gasteiger partial charge in [-0.25, -0.2) is 4.39 Å². The number of ketones is 1. The van der Waals surface area contributed by atoms with Crippen LogP contribution >= 0.6 is 11.6 Å². The van der Waals surface area contributed by atoms with Crippen molar-refractivity contribution in [1.82, 2.24) is 9.80 Å². The monoisotopic (exact) mass is 417 g/mol. The first-order chi connectivity index (χ1) is 13.8. The minimum absolute atomic E-state index is 0.0472. The fraction of sp³-hybridized carbons (Fsp3) is 0.286. The minimum Gasteiger partial charge on any atom is -0.336 e. The third-order valence-corrected chi connectivity index (χ3v) is 4.97. The van der Waals surface area contributed by atoms with Crippen molar-refractivity contribution >= 4 is 34.9 Å². The molecule has 3 rings (SSSR count). The summed E-state index contributed by atoms with van der Waals surface area (Å²) in [5.41, 5.74) is 1.05. The highest BCUT2D eigenvalue weighted by Gasteiger charge is 2.25. The van der Waals surface area contributed by atoms with Crippen LogP contribution in [0.4, 0.5) is 10.1 Å². The van der Waals surface area contributed by atoms with Crippen LogP contribution in [-0.2, 0) is 4.79 Å². The smallest absolute Gasteiger partial charge is 0.256 e. The zero-order chi connectivity index (χ0) is 21.0. The largest absolute Gasteiger partial charge is 0.336 e. The van der Waals surface area contributed by atoms with Crippen molar-refractivity contribution in [3.05, 3.63) is 64.4 Å². The number of benzene rings is 2. The summed E-state index contributed by atoms with van der Waals surface area (Å²) in [7, 11) is 0. The lowest BCUT2D eigenvalue weighted by molar-refractivity contribution is -0.117. The Hall–Kier alpha value is -2.77. The second-order valence-corrected chi connectivity index (χ2v) is 7.31. The predicted octanol–water partition coefficient (Wildman–Crippen LogP) is 3.08. The van der Waals surface area contributed by atoms with Gasteiger partial charge in [-0.3, -0.25) is 19.3 Å². The van der Waals surface area contributed by atoms with E-state index in [1.54, 1.807) is 29.2 Å². The maximum Gasteiger partial charge on any atom is 0.256 e. The molecule has 2 aromatic carbocycles. The lowest BCUT2D eigenvalue weighted by Crippen LogP contribution is -2.50. The number of carbonyl (C=O) groups is 3. The minimum atomic E-state index is -0.603. The van der Waals surface area contributed by atoms with Gasteiger partial charge in [-0.05, 0) is 37.3 Å². The summed E-state index contributed by atoms with van der Waals surface area (Å²) in [6, 6.07) is 10.7. The maximum atomic E-state index is 13.9. The molecule has 0 unspecified atom stereocenters. The molecule has 0 bridgehead atoms. The first kappa shape index (κ1) is 21.0. The van der Waals surface area contributed by atoms with Gasteiger partial charge in [0.2, 0.25) is 5.91 Å². The van der Waals surface area contributed by atoms with Crippen LogP contribution in [0, 0.1) is 5.82 Å². The van der Waals surface area contributed by atoms with E-state index in [1.165, 1.54) is 25.1 Å². The van der Waals surface area contributed by atoms with E-state index in [2.05, 4.69) is 5.32 Å². The summed E-state index contributed by atoms with van der Waals surface area (Å²) in [6.45, 7) is 3.40. The van der Waals surface area contributed by atoms with Crippen molar-refractivity contribution in [2.75, 3.05) is 38.0 Å². The number of nitrogens with one attached hydrogen (secondary N) is 1. The molecule has 2 aromatic rings. The van der Waals surface area contributed by atoms with E-state index in [0.29, 0.717) is 42.5 Å². The molecule has 0 aliphatic carbocycles. The number of Topliss-reactive ketones (excluding diaryl/α,β-unsaturated/α-hetero) is 1. The van der Waals surface area contributed by atoms with Crippen molar-refractivity contribution in [2.45, 2.75) is 6.92 Å². The van der Waals surface area contributed by atoms with Crippen LogP contribution in [0.3, 0.4) is 0 Å². The van der Waals surface area contributed by atoms with Crippen molar-refractivity contribution in [2.24, 2.45) is 0 Å². The average molecular weight is 418 g/mol. The topological polar surface area (TPSA) is 69.7 Å². The second-order valence-electron chi connectivity index (χ2n) is 6.88. The summed E-state index contributed by atoms with van der Waals surface area (Å²) >= 11 is 5.87. The number of piperazine rings is 1. The fourth-order valence-electron chi connectivity index (χ4n) is 3.16. The molecule has 1 heterocycles. The Bertz CT molecular complexity index is 943. The number of carbonyl (C=O) groups excluding carboxylic acids is 3. The van der Waals surface area contributed by atoms with Crippen LogP contribution in [0.5, 0.6) is 0 Å². The van der Waals surface area contributed by atoms with Crippen molar-refractivity contribution < 1.29 is 18.8 Å². The quantitative estimate of drug-likeness (QED) is 0.759. The molecule has 152 valence electrons. The van der Waals surface area contributed by atoms with Crippen molar-refractivity contribution in [3.63, 3.8) is 0 Å². The molecule has 0 aromatic heterocycles. The summed E-state index contributed by atoms with van der Waals surface area (Å²) in [6.07, 6.45) is 0. The molecule has 1 fully saturated rings. The van der Waals surface area contributed by atoms with Gasteiger partial charge in [0.25, 0.3) is 5.91 Å². The highest BCUT2D eigenvalue weighted by Crippen LogP contribution is 2.18. The summed E-state index contributed by atoms with van der Waals surface area (Å²) in [4.78, 5) is 39.7. The highest BCUT2D eigenvalue weighted by molar-refractivity contribution is 6.31. The molecule has 6 nitrogen and oxygen atoms in total. The Morgan fingerprint density at radius 1 is 1.07 bits per heavy atom. The van der Waals surface area contributed by atoms with Crippen LogP contribution < -0.4 is 5.32 Å². The summed E-state index contributed by atoms with van der Waals surface area (Å²) < 4.78 is 13.9. The van der Waals surface area contributed by atoms with Crippen molar-refractivity contribution in [3.8, 4) is 0 Å².